The fourth-order valence-electron chi connectivity index (χ4n) is 3.97. The number of oxime groups is 4. The van der Waals surface area contributed by atoms with Crippen molar-refractivity contribution in [3.05, 3.63) is 97.1 Å². The van der Waals surface area contributed by atoms with E-state index in [1.165, 1.54) is 0 Å². The van der Waals surface area contributed by atoms with Gasteiger partial charge in [-0.1, -0.05) is 69.2 Å². The predicted molar refractivity (Wildman–Crippen MR) is 173 cm³/mol. The number of benzene rings is 4. The molecule has 222 valence electrons. The number of rotatable bonds is 8. The van der Waals surface area contributed by atoms with Crippen LogP contribution in [0.2, 0.25) is 0 Å². The van der Waals surface area contributed by atoms with Gasteiger partial charge in [-0.2, -0.15) is 0 Å². The van der Waals surface area contributed by atoms with Crippen molar-refractivity contribution in [2.24, 2.45) is 20.6 Å². The summed E-state index contributed by atoms with van der Waals surface area (Å²) in [6.45, 7) is 0. The van der Waals surface area contributed by atoms with E-state index in [1.807, 2.05) is 72.8 Å². The standard InChI is InChI=1S/C30H28N10O4/c31-29(37-25-13-5-21(6-14-25)19-1-9-23(10-2-19)35-27(39-43)17-33-41)30(32)38-26-15-7-22(8-16-26)20-3-11-24(12-4-20)36-28(40-44)18-34-42/h1-18,41-44H,(H2,31,37)(H2,32,38)(H,35,39)(H,36,40)/b33-17+,34-18+. The van der Waals surface area contributed by atoms with Crippen LogP contribution in [0.15, 0.2) is 118 Å². The van der Waals surface area contributed by atoms with Gasteiger partial charge in [-0.05, 0) is 70.8 Å². The van der Waals surface area contributed by atoms with Gasteiger partial charge in [-0.15, -0.1) is 0 Å². The highest BCUT2D eigenvalue weighted by Crippen LogP contribution is 2.25. The summed E-state index contributed by atoms with van der Waals surface area (Å²) in [6.07, 6.45) is 1.93. The number of anilines is 4. The molecule has 0 saturated carbocycles. The lowest BCUT2D eigenvalue weighted by Crippen LogP contribution is -2.27. The molecule has 4 rings (SSSR count). The fraction of sp³-hybridized carbons (Fsp3) is 0. The molecule has 0 aliphatic heterocycles. The number of hydrogen-bond donors (Lipinski definition) is 10. The molecule has 4 aromatic carbocycles. The average Bonchev–Trinajstić information content (AvgIpc) is 3.05. The van der Waals surface area contributed by atoms with Crippen molar-refractivity contribution in [1.29, 1.82) is 10.8 Å². The van der Waals surface area contributed by atoms with Crippen molar-refractivity contribution >= 4 is 58.5 Å². The molecule has 0 aromatic heterocycles. The maximum Gasteiger partial charge on any atom is 0.191 e. The highest BCUT2D eigenvalue weighted by atomic mass is 16.4. The molecular formula is C30H28N10O4. The Bertz CT molecular complexity index is 1570. The first kappa shape index (κ1) is 30.3. The Morgan fingerprint density at radius 3 is 0.909 bits per heavy atom. The summed E-state index contributed by atoms with van der Waals surface area (Å²) >= 11 is 0. The molecule has 10 N–H and O–H groups in total. The largest absolute Gasteiger partial charge is 0.411 e. The van der Waals surface area contributed by atoms with Crippen molar-refractivity contribution in [3.8, 4) is 22.3 Å². The van der Waals surface area contributed by atoms with Crippen LogP contribution in [0, 0.1) is 10.8 Å². The zero-order valence-electron chi connectivity index (χ0n) is 23.0. The zero-order valence-corrected chi connectivity index (χ0v) is 23.0. The third kappa shape index (κ3) is 8.17. The predicted octanol–water partition coefficient (Wildman–Crippen LogP) is 5.82. The molecule has 0 saturated heterocycles. The average molecular weight is 593 g/mol. The van der Waals surface area contributed by atoms with Gasteiger partial charge in [0.2, 0.25) is 0 Å². The van der Waals surface area contributed by atoms with Gasteiger partial charge in [0.1, 0.15) is 12.4 Å². The summed E-state index contributed by atoms with van der Waals surface area (Å²) in [7, 11) is 0. The third-order valence-corrected chi connectivity index (χ3v) is 6.12. The van der Waals surface area contributed by atoms with Crippen LogP contribution in [0.5, 0.6) is 0 Å². The molecule has 0 spiro atoms. The molecule has 0 amide bonds. The summed E-state index contributed by atoms with van der Waals surface area (Å²) in [5, 5.41) is 74.6. The van der Waals surface area contributed by atoms with Crippen molar-refractivity contribution < 1.29 is 20.8 Å². The molecule has 0 unspecified atom stereocenters. The van der Waals surface area contributed by atoms with Crippen LogP contribution in [0.1, 0.15) is 0 Å². The maximum atomic E-state index is 8.91. The minimum atomic E-state index is -0.106. The van der Waals surface area contributed by atoms with Crippen LogP contribution in [-0.4, -0.2) is 56.6 Å². The van der Waals surface area contributed by atoms with E-state index in [2.05, 4.69) is 41.9 Å². The normalized spacial score (nSPS) is 11.8. The topological polar surface area (TPSA) is 226 Å². The Hall–Kier alpha value is -6.70. The van der Waals surface area contributed by atoms with E-state index < -0.39 is 0 Å². The molecule has 14 heteroatoms. The molecule has 0 aliphatic carbocycles. The second-order valence-corrected chi connectivity index (χ2v) is 9.02. The molecule has 4 aromatic rings. The molecule has 0 fully saturated rings. The molecule has 44 heavy (non-hydrogen) atoms. The Morgan fingerprint density at radius 2 is 0.682 bits per heavy atom. The molecule has 14 nitrogen and oxygen atoms in total. The fourth-order valence-corrected chi connectivity index (χ4v) is 3.97. The van der Waals surface area contributed by atoms with E-state index in [-0.39, 0.29) is 23.3 Å². The lowest BCUT2D eigenvalue weighted by atomic mass is 10.0. The Morgan fingerprint density at radius 1 is 0.432 bits per heavy atom. The van der Waals surface area contributed by atoms with E-state index in [0.29, 0.717) is 22.7 Å². The van der Waals surface area contributed by atoms with Gasteiger partial charge in [-0.25, -0.2) is 0 Å². The second-order valence-electron chi connectivity index (χ2n) is 9.02. The minimum Gasteiger partial charge on any atom is -0.411 e. The first-order chi connectivity index (χ1) is 21.4. The van der Waals surface area contributed by atoms with Crippen molar-refractivity contribution in [1.82, 2.24) is 0 Å². The van der Waals surface area contributed by atoms with E-state index in [1.54, 1.807) is 24.3 Å². The summed E-state index contributed by atoms with van der Waals surface area (Å²) in [5.41, 5.74) is 6.28. The van der Waals surface area contributed by atoms with Crippen molar-refractivity contribution in [2.45, 2.75) is 0 Å². The lowest BCUT2D eigenvalue weighted by molar-refractivity contribution is 0.316. The van der Waals surface area contributed by atoms with Crippen LogP contribution in [0.25, 0.3) is 22.3 Å². The number of amidine groups is 4. The van der Waals surface area contributed by atoms with E-state index in [9.17, 15) is 0 Å². The molecule has 0 atom stereocenters. The van der Waals surface area contributed by atoms with Crippen LogP contribution >= 0.6 is 0 Å². The number of nitrogens with one attached hydrogen (secondary N) is 6. The monoisotopic (exact) mass is 592 g/mol. The summed E-state index contributed by atoms with van der Waals surface area (Å²) < 4.78 is 0. The van der Waals surface area contributed by atoms with Gasteiger partial charge in [0.05, 0.1) is 0 Å². The quantitative estimate of drug-likeness (QED) is 0.0518. The first-order valence-electron chi connectivity index (χ1n) is 12.9. The SMILES string of the molecule is N=C(Nc1ccc(-c2ccc(NC(/C=N/O)=N\O)cc2)cc1)C(=N)Nc1ccc(-c2ccc(NC(/C=N/O)=N/O)cc2)cc1. The molecule has 0 radical (unpaired) electrons. The van der Waals surface area contributed by atoms with Crippen LogP contribution in [-0.2, 0) is 0 Å². The highest BCUT2D eigenvalue weighted by molar-refractivity contribution is 6.46. The molecule has 0 aliphatic rings. The van der Waals surface area contributed by atoms with E-state index in [0.717, 1.165) is 34.7 Å². The van der Waals surface area contributed by atoms with Crippen LogP contribution in [0.4, 0.5) is 22.7 Å². The van der Waals surface area contributed by atoms with Gasteiger partial charge >= 0.3 is 0 Å². The minimum absolute atomic E-state index is 0.0203. The lowest BCUT2D eigenvalue weighted by Gasteiger charge is -2.13. The van der Waals surface area contributed by atoms with Crippen LogP contribution in [0.3, 0.4) is 0 Å². The number of nitrogens with zero attached hydrogens (tertiary/aromatic N) is 4. The van der Waals surface area contributed by atoms with Gasteiger partial charge in [0.15, 0.2) is 23.3 Å². The van der Waals surface area contributed by atoms with Crippen molar-refractivity contribution in [3.63, 3.8) is 0 Å². The Kier molecular flexibility index (Phi) is 10.2. The summed E-state index contributed by atoms with van der Waals surface area (Å²) in [4.78, 5) is 0. The Labute approximate surface area is 251 Å². The summed E-state index contributed by atoms with van der Waals surface area (Å²) in [6, 6.07) is 29.4. The zero-order chi connectivity index (χ0) is 31.3. The van der Waals surface area contributed by atoms with Crippen molar-refractivity contribution in [2.75, 3.05) is 21.3 Å². The van der Waals surface area contributed by atoms with Gasteiger partial charge in [0.25, 0.3) is 0 Å². The van der Waals surface area contributed by atoms with Gasteiger partial charge in [0, 0.05) is 22.7 Å². The highest BCUT2D eigenvalue weighted by Gasteiger charge is 2.08. The third-order valence-electron chi connectivity index (χ3n) is 6.12. The van der Waals surface area contributed by atoms with Gasteiger partial charge in [-0.3, -0.25) is 10.8 Å². The smallest absolute Gasteiger partial charge is 0.191 e. The molecule has 0 heterocycles. The summed E-state index contributed by atoms with van der Waals surface area (Å²) in [5.74, 6) is -0.253. The van der Waals surface area contributed by atoms with E-state index >= 15 is 0 Å². The Balaban J connectivity index is 1.30. The van der Waals surface area contributed by atoms with Crippen LogP contribution < -0.4 is 21.3 Å². The van der Waals surface area contributed by atoms with Gasteiger partial charge < -0.3 is 42.1 Å². The second kappa shape index (κ2) is 14.8. The van der Waals surface area contributed by atoms with E-state index in [4.69, 9.17) is 31.6 Å². The molecule has 0 bridgehead atoms. The maximum absolute atomic E-state index is 8.91. The first-order valence-corrected chi connectivity index (χ1v) is 12.9. The number of hydrogen-bond acceptors (Lipinski definition) is 10. The molecular weight excluding hydrogens is 564 g/mol.